The number of fused-ring (bicyclic) bond motifs is 1. The second-order valence-electron chi connectivity index (χ2n) is 5.63. The van der Waals surface area contributed by atoms with Crippen LogP contribution in [0, 0.1) is 12.1 Å². The maximum atomic E-state index is 11.9. The second-order valence-corrected chi connectivity index (χ2v) is 5.63. The van der Waals surface area contributed by atoms with Crippen LogP contribution in [0.2, 0.25) is 0 Å². The van der Waals surface area contributed by atoms with Crippen LogP contribution in [0.25, 0.3) is 11.0 Å². The monoisotopic (exact) mass is 287 g/mol. The first-order valence-corrected chi connectivity index (χ1v) is 7.57. The van der Waals surface area contributed by atoms with Gasteiger partial charge in [-0.3, -0.25) is 0 Å². The smallest absolute Gasteiger partial charge is 0.290 e. The molecule has 6 heteroatoms. The lowest BCUT2D eigenvalue weighted by Crippen LogP contribution is -2.36. The molecule has 0 amide bonds. The van der Waals surface area contributed by atoms with E-state index >= 15 is 0 Å². The van der Waals surface area contributed by atoms with Crippen molar-refractivity contribution >= 4 is 17.0 Å². The van der Waals surface area contributed by atoms with Gasteiger partial charge in [-0.2, -0.15) is 0 Å². The number of hydrogen-bond acceptors (Lipinski definition) is 5. The van der Waals surface area contributed by atoms with Crippen LogP contribution in [0.3, 0.4) is 0 Å². The average molecular weight is 287 g/mol. The Morgan fingerprint density at radius 2 is 2.10 bits per heavy atom. The molecule has 2 heterocycles. The number of rotatable bonds is 4. The van der Waals surface area contributed by atoms with Crippen molar-refractivity contribution < 1.29 is 4.85 Å². The van der Waals surface area contributed by atoms with Crippen LogP contribution in [0.4, 0.5) is 5.95 Å². The lowest BCUT2D eigenvalue weighted by Gasteiger charge is -2.26. The van der Waals surface area contributed by atoms with Gasteiger partial charge in [-0.1, -0.05) is 12.5 Å². The molecule has 1 N–H and O–H groups in total. The van der Waals surface area contributed by atoms with Gasteiger partial charge in [-0.25, -0.2) is 4.98 Å². The van der Waals surface area contributed by atoms with Gasteiger partial charge in [0.05, 0.1) is 5.10 Å². The van der Waals surface area contributed by atoms with Crippen molar-refractivity contribution in [3.63, 3.8) is 0 Å². The molecule has 0 spiro atoms. The fourth-order valence-corrected chi connectivity index (χ4v) is 2.74. The summed E-state index contributed by atoms with van der Waals surface area (Å²) in [6.45, 7) is 6.01. The average Bonchev–Trinajstić information content (AvgIpc) is 2.49. The van der Waals surface area contributed by atoms with Crippen LogP contribution in [0.15, 0.2) is 18.2 Å². The summed E-state index contributed by atoms with van der Waals surface area (Å²) in [5.74, 6) is 0.401. The number of piperidine rings is 1. The molecule has 3 rings (SSSR count). The van der Waals surface area contributed by atoms with Crippen LogP contribution in [-0.2, 0) is 0 Å². The van der Waals surface area contributed by atoms with Gasteiger partial charge in [0.1, 0.15) is 5.52 Å². The Kier molecular flexibility index (Phi) is 4.15. The zero-order valence-corrected chi connectivity index (χ0v) is 12.4. The minimum absolute atomic E-state index is 0.401. The summed E-state index contributed by atoms with van der Waals surface area (Å²) in [6, 6.07) is 5.61. The predicted octanol–water partition coefficient (Wildman–Crippen LogP) is 1.47. The summed E-state index contributed by atoms with van der Waals surface area (Å²) in [5, 5.41) is 19.0. The van der Waals surface area contributed by atoms with E-state index in [1.165, 1.54) is 32.4 Å². The molecule has 0 saturated carbocycles. The number of hydrogen-bond donors (Lipinski definition) is 1. The van der Waals surface area contributed by atoms with E-state index in [0.717, 1.165) is 18.7 Å². The molecule has 0 atom stereocenters. The van der Waals surface area contributed by atoms with Gasteiger partial charge in [-0.15, -0.1) is 0 Å². The SMILES string of the molecule is Cc1ccc2nc(NCCN3CCCCC3)n[n+]([O-])c2c1. The van der Waals surface area contributed by atoms with Crippen molar-refractivity contribution in [2.45, 2.75) is 26.2 Å². The van der Waals surface area contributed by atoms with Crippen molar-refractivity contribution in [2.24, 2.45) is 0 Å². The number of aromatic nitrogens is 3. The van der Waals surface area contributed by atoms with Gasteiger partial charge >= 0.3 is 0 Å². The van der Waals surface area contributed by atoms with Crippen molar-refractivity contribution in [1.82, 2.24) is 15.0 Å². The van der Waals surface area contributed by atoms with Gasteiger partial charge in [0, 0.05) is 19.2 Å². The molecule has 0 radical (unpaired) electrons. The quantitative estimate of drug-likeness (QED) is 0.681. The summed E-state index contributed by atoms with van der Waals surface area (Å²) in [7, 11) is 0. The molecule has 0 aliphatic carbocycles. The Balaban J connectivity index is 1.65. The fourth-order valence-electron chi connectivity index (χ4n) is 2.74. The van der Waals surface area contributed by atoms with Crippen LogP contribution in [0.5, 0.6) is 0 Å². The molecule has 1 aliphatic rings. The van der Waals surface area contributed by atoms with Gasteiger partial charge in [0.25, 0.3) is 11.5 Å². The number of nitrogens with zero attached hydrogens (tertiary/aromatic N) is 4. The van der Waals surface area contributed by atoms with Crippen molar-refractivity contribution in [3.05, 3.63) is 29.0 Å². The zero-order chi connectivity index (χ0) is 14.7. The highest BCUT2D eigenvalue weighted by Crippen LogP contribution is 2.11. The van der Waals surface area contributed by atoms with E-state index in [1.807, 2.05) is 19.1 Å². The summed E-state index contributed by atoms with van der Waals surface area (Å²) in [4.78, 5) is 7.49. The first-order chi connectivity index (χ1) is 10.2. The standard InChI is InChI=1S/C15H21N5O/c1-12-5-6-13-14(11-12)20(21)18-15(17-13)16-7-10-19-8-3-2-4-9-19/h5-6,11H,2-4,7-10H2,1H3,(H,16,17,18). The van der Waals surface area contributed by atoms with E-state index in [9.17, 15) is 5.21 Å². The number of aryl methyl sites for hydroxylation is 1. The first kappa shape index (κ1) is 14.0. The van der Waals surface area contributed by atoms with Crippen LogP contribution in [-0.4, -0.2) is 41.2 Å². The zero-order valence-electron chi connectivity index (χ0n) is 12.4. The summed E-state index contributed by atoms with van der Waals surface area (Å²) < 4.78 is 0. The molecule has 21 heavy (non-hydrogen) atoms. The molecule has 6 nitrogen and oxygen atoms in total. The molecule has 0 bridgehead atoms. The lowest BCUT2D eigenvalue weighted by molar-refractivity contribution is -0.641. The summed E-state index contributed by atoms with van der Waals surface area (Å²) in [6.07, 6.45) is 3.91. The van der Waals surface area contributed by atoms with E-state index in [2.05, 4.69) is 20.3 Å². The summed E-state index contributed by atoms with van der Waals surface area (Å²) >= 11 is 0. The van der Waals surface area contributed by atoms with Gasteiger partial charge in [-0.05, 0) is 49.3 Å². The number of likely N-dealkylation sites (tertiary alicyclic amines) is 1. The fraction of sp³-hybridized carbons (Fsp3) is 0.533. The van der Waals surface area contributed by atoms with Crippen molar-refractivity contribution in [3.8, 4) is 0 Å². The van der Waals surface area contributed by atoms with Gasteiger partial charge in [0.2, 0.25) is 0 Å². The lowest BCUT2D eigenvalue weighted by atomic mass is 10.1. The van der Waals surface area contributed by atoms with E-state index in [1.54, 1.807) is 6.07 Å². The number of benzene rings is 1. The molecular formula is C15H21N5O. The molecule has 1 aromatic heterocycles. The Hall–Kier alpha value is -1.95. The molecule has 1 fully saturated rings. The Morgan fingerprint density at radius 3 is 2.90 bits per heavy atom. The molecule has 1 aromatic carbocycles. The normalized spacial score (nSPS) is 16.2. The van der Waals surface area contributed by atoms with E-state index in [0.29, 0.717) is 21.8 Å². The van der Waals surface area contributed by atoms with Crippen LogP contribution in [0.1, 0.15) is 24.8 Å². The Bertz CT molecular complexity index is 625. The highest BCUT2D eigenvalue weighted by Gasteiger charge is 2.12. The van der Waals surface area contributed by atoms with Crippen molar-refractivity contribution in [2.75, 3.05) is 31.5 Å². The highest BCUT2D eigenvalue weighted by molar-refractivity contribution is 5.72. The maximum Gasteiger partial charge on any atom is 0.290 e. The minimum atomic E-state index is 0.401. The topological polar surface area (TPSA) is 68.0 Å². The summed E-state index contributed by atoms with van der Waals surface area (Å²) in [5.41, 5.74) is 2.21. The largest absolute Gasteiger partial charge is 0.594 e. The third-order valence-electron chi connectivity index (χ3n) is 3.91. The maximum absolute atomic E-state index is 11.9. The van der Waals surface area contributed by atoms with Crippen LogP contribution < -0.4 is 10.2 Å². The third-order valence-corrected chi connectivity index (χ3v) is 3.91. The molecule has 2 aromatic rings. The Labute approximate surface area is 124 Å². The molecular weight excluding hydrogens is 266 g/mol. The van der Waals surface area contributed by atoms with E-state index in [-0.39, 0.29) is 0 Å². The predicted molar refractivity (Wildman–Crippen MR) is 82.0 cm³/mol. The molecule has 1 aliphatic heterocycles. The number of nitrogens with one attached hydrogen (secondary N) is 1. The van der Waals surface area contributed by atoms with Crippen LogP contribution >= 0.6 is 0 Å². The van der Waals surface area contributed by atoms with Gasteiger partial charge in [0.15, 0.2) is 0 Å². The van der Waals surface area contributed by atoms with Crippen molar-refractivity contribution in [1.29, 1.82) is 0 Å². The third kappa shape index (κ3) is 3.39. The Morgan fingerprint density at radius 1 is 1.29 bits per heavy atom. The van der Waals surface area contributed by atoms with Gasteiger partial charge < -0.3 is 15.4 Å². The first-order valence-electron chi connectivity index (χ1n) is 7.57. The highest BCUT2D eigenvalue weighted by atomic mass is 16.5. The molecule has 112 valence electrons. The van der Waals surface area contributed by atoms with E-state index in [4.69, 9.17) is 0 Å². The minimum Gasteiger partial charge on any atom is -0.594 e. The van der Waals surface area contributed by atoms with E-state index < -0.39 is 0 Å². The number of anilines is 1. The second kappa shape index (κ2) is 6.22. The molecule has 0 unspecified atom stereocenters. The molecule has 1 saturated heterocycles.